The standard InChI is InChI=1S/C21H28N2O3/c1-3-11-22-21(13-18(24)25-2)15-20-10-6-4-8-16(20)14-23-12-7-5-9-17(23)19(20)26-21/h3,7,12,14,22H,1,4-6,8-11,13,15H2,2H3. The van der Waals surface area contributed by atoms with Crippen molar-refractivity contribution in [3.8, 4) is 0 Å². The quantitative estimate of drug-likeness (QED) is 0.601. The van der Waals surface area contributed by atoms with Crippen molar-refractivity contribution in [2.45, 2.75) is 57.1 Å². The normalized spacial score (nSPS) is 32.2. The number of rotatable bonds is 5. The zero-order valence-corrected chi connectivity index (χ0v) is 15.6. The van der Waals surface area contributed by atoms with Gasteiger partial charge in [-0.2, -0.15) is 0 Å². The SMILES string of the molecule is C=CCNC1(CC(=O)OC)CC23CCCCC2=CN2C=CCCC2=C3O1. The summed E-state index contributed by atoms with van der Waals surface area (Å²) in [4.78, 5) is 14.4. The van der Waals surface area contributed by atoms with Crippen molar-refractivity contribution >= 4 is 5.97 Å². The molecule has 0 aromatic carbocycles. The number of ether oxygens (including phenoxy) is 2. The summed E-state index contributed by atoms with van der Waals surface area (Å²) < 4.78 is 11.6. The summed E-state index contributed by atoms with van der Waals surface area (Å²) in [5.41, 5.74) is 1.90. The lowest BCUT2D eigenvalue weighted by atomic mass is 9.65. The van der Waals surface area contributed by atoms with Crippen molar-refractivity contribution < 1.29 is 14.3 Å². The van der Waals surface area contributed by atoms with E-state index in [4.69, 9.17) is 9.47 Å². The van der Waals surface area contributed by atoms with Crippen LogP contribution in [-0.2, 0) is 14.3 Å². The minimum atomic E-state index is -0.725. The molecule has 140 valence electrons. The number of allylic oxidation sites excluding steroid dienone is 3. The van der Waals surface area contributed by atoms with Crippen molar-refractivity contribution in [1.29, 1.82) is 0 Å². The van der Waals surface area contributed by atoms with Gasteiger partial charge in [0.05, 0.1) is 24.6 Å². The Bertz CT molecular complexity index is 708. The van der Waals surface area contributed by atoms with Gasteiger partial charge in [-0.3, -0.25) is 10.1 Å². The highest BCUT2D eigenvalue weighted by Gasteiger charge is 2.59. The molecule has 4 rings (SSSR count). The smallest absolute Gasteiger partial charge is 0.311 e. The molecule has 3 heterocycles. The molecule has 1 spiro atoms. The fraction of sp³-hybridized carbons (Fsp3) is 0.571. The molecule has 5 nitrogen and oxygen atoms in total. The molecule has 2 fully saturated rings. The van der Waals surface area contributed by atoms with Gasteiger partial charge in [0.1, 0.15) is 5.76 Å². The lowest BCUT2D eigenvalue weighted by molar-refractivity contribution is -0.147. The Hall–Kier alpha value is -2.01. The van der Waals surface area contributed by atoms with Crippen LogP contribution in [0.5, 0.6) is 0 Å². The zero-order chi connectivity index (χ0) is 18.2. The third-order valence-electron chi connectivity index (χ3n) is 6.14. The molecule has 0 aromatic heterocycles. The molecule has 1 saturated carbocycles. The molecule has 26 heavy (non-hydrogen) atoms. The van der Waals surface area contributed by atoms with Crippen LogP contribution in [0.15, 0.2) is 48.2 Å². The molecule has 2 unspecified atom stereocenters. The van der Waals surface area contributed by atoms with Crippen LogP contribution in [0, 0.1) is 5.41 Å². The van der Waals surface area contributed by atoms with Crippen molar-refractivity contribution in [3.63, 3.8) is 0 Å². The van der Waals surface area contributed by atoms with Gasteiger partial charge in [0, 0.05) is 25.4 Å². The van der Waals surface area contributed by atoms with Crippen molar-refractivity contribution in [3.05, 3.63) is 48.2 Å². The van der Waals surface area contributed by atoms with Crippen LogP contribution < -0.4 is 5.32 Å². The second kappa shape index (κ2) is 6.62. The Morgan fingerprint density at radius 2 is 2.35 bits per heavy atom. The highest BCUT2D eigenvalue weighted by molar-refractivity contribution is 5.70. The van der Waals surface area contributed by atoms with Crippen LogP contribution in [0.4, 0.5) is 0 Å². The van der Waals surface area contributed by atoms with E-state index in [2.05, 4.69) is 35.3 Å². The lowest BCUT2D eigenvalue weighted by Gasteiger charge is -2.42. The molecule has 0 radical (unpaired) electrons. The molecule has 0 aromatic rings. The average molecular weight is 356 g/mol. The van der Waals surface area contributed by atoms with Gasteiger partial charge in [0.25, 0.3) is 0 Å². The van der Waals surface area contributed by atoms with Gasteiger partial charge in [-0.05, 0) is 37.7 Å². The van der Waals surface area contributed by atoms with Gasteiger partial charge >= 0.3 is 5.97 Å². The molecular formula is C21H28N2O3. The summed E-state index contributed by atoms with van der Waals surface area (Å²) in [6.07, 6.45) is 16.1. The van der Waals surface area contributed by atoms with E-state index in [1.807, 2.05) is 6.08 Å². The third-order valence-corrected chi connectivity index (χ3v) is 6.14. The fourth-order valence-corrected chi connectivity index (χ4v) is 4.99. The molecule has 4 aliphatic rings. The molecule has 3 aliphatic heterocycles. The first-order valence-corrected chi connectivity index (χ1v) is 9.64. The topological polar surface area (TPSA) is 50.8 Å². The van der Waals surface area contributed by atoms with Crippen LogP contribution >= 0.6 is 0 Å². The van der Waals surface area contributed by atoms with E-state index >= 15 is 0 Å². The van der Waals surface area contributed by atoms with Gasteiger partial charge in [0.2, 0.25) is 0 Å². The van der Waals surface area contributed by atoms with E-state index in [1.54, 1.807) is 0 Å². The highest BCUT2D eigenvalue weighted by atomic mass is 16.5. The average Bonchev–Trinajstić information content (AvgIpc) is 2.99. The Balaban J connectivity index is 1.78. The molecule has 0 bridgehead atoms. The van der Waals surface area contributed by atoms with Crippen molar-refractivity contribution in [2.24, 2.45) is 5.41 Å². The molecule has 1 N–H and O–H groups in total. The van der Waals surface area contributed by atoms with Gasteiger partial charge in [-0.1, -0.05) is 18.6 Å². The van der Waals surface area contributed by atoms with Gasteiger partial charge < -0.3 is 14.4 Å². The number of esters is 1. The van der Waals surface area contributed by atoms with Crippen LogP contribution in [0.1, 0.15) is 51.4 Å². The molecule has 2 atom stereocenters. The molecule has 0 amide bonds. The monoisotopic (exact) mass is 356 g/mol. The third kappa shape index (κ3) is 2.69. The summed E-state index contributed by atoms with van der Waals surface area (Å²) >= 11 is 0. The first-order chi connectivity index (χ1) is 12.6. The Kier molecular flexibility index (Phi) is 4.43. The van der Waals surface area contributed by atoms with Crippen LogP contribution in [0.25, 0.3) is 0 Å². The summed E-state index contributed by atoms with van der Waals surface area (Å²) in [6.45, 7) is 4.41. The number of carbonyl (C=O) groups is 1. The van der Waals surface area contributed by atoms with Crippen molar-refractivity contribution in [2.75, 3.05) is 13.7 Å². The second-order valence-corrected chi connectivity index (χ2v) is 7.75. The number of fused-ring (bicyclic) bond motifs is 1. The van der Waals surface area contributed by atoms with Crippen LogP contribution in [0.2, 0.25) is 0 Å². The van der Waals surface area contributed by atoms with E-state index in [1.165, 1.54) is 31.2 Å². The summed E-state index contributed by atoms with van der Waals surface area (Å²) in [7, 11) is 1.44. The molecular weight excluding hydrogens is 328 g/mol. The summed E-state index contributed by atoms with van der Waals surface area (Å²) in [5, 5.41) is 3.45. The lowest BCUT2D eigenvalue weighted by Crippen LogP contribution is -2.47. The van der Waals surface area contributed by atoms with E-state index < -0.39 is 5.72 Å². The van der Waals surface area contributed by atoms with Gasteiger partial charge in [-0.25, -0.2) is 0 Å². The maximum absolute atomic E-state index is 12.2. The first kappa shape index (κ1) is 17.4. The number of hydrogen-bond donors (Lipinski definition) is 1. The number of methoxy groups -OCH3 is 1. The van der Waals surface area contributed by atoms with E-state index in [0.717, 1.165) is 37.9 Å². The fourth-order valence-electron chi connectivity index (χ4n) is 4.99. The largest absolute Gasteiger partial charge is 0.474 e. The maximum Gasteiger partial charge on any atom is 0.311 e. The predicted molar refractivity (Wildman–Crippen MR) is 99.5 cm³/mol. The minimum Gasteiger partial charge on any atom is -0.474 e. The highest BCUT2D eigenvalue weighted by Crippen LogP contribution is 2.61. The number of nitrogens with one attached hydrogen (secondary N) is 1. The number of carbonyl (C=O) groups excluding carboxylic acids is 1. The van der Waals surface area contributed by atoms with Gasteiger partial charge in [-0.15, -0.1) is 6.58 Å². The summed E-state index contributed by atoms with van der Waals surface area (Å²) in [6, 6.07) is 0. The Morgan fingerprint density at radius 3 is 3.15 bits per heavy atom. The Morgan fingerprint density at radius 1 is 1.46 bits per heavy atom. The van der Waals surface area contributed by atoms with Gasteiger partial charge in [0.15, 0.2) is 5.72 Å². The van der Waals surface area contributed by atoms with E-state index in [9.17, 15) is 4.79 Å². The number of hydrogen-bond acceptors (Lipinski definition) is 5. The number of nitrogens with zero attached hydrogens (tertiary/aromatic N) is 1. The molecule has 1 aliphatic carbocycles. The first-order valence-electron chi connectivity index (χ1n) is 9.64. The van der Waals surface area contributed by atoms with E-state index in [-0.39, 0.29) is 17.8 Å². The zero-order valence-electron chi connectivity index (χ0n) is 15.6. The van der Waals surface area contributed by atoms with Crippen LogP contribution in [-0.4, -0.2) is 30.2 Å². The minimum absolute atomic E-state index is 0.0720. The van der Waals surface area contributed by atoms with Crippen LogP contribution in [0.3, 0.4) is 0 Å². The molecule has 1 saturated heterocycles. The predicted octanol–water partition coefficient (Wildman–Crippen LogP) is 3.72. The maximum atomic E-state index is 12.2. The second-order valence-electron chi connectivity index (χ2n) is 7.75. The summed E-state index contributed by atoms with van der Waals surface area (Å²) in [5.74, 6) is 0.837. The Labute approximate surface area is 155 Å². The molecule has 5 heteroatoms. The van der Waals surface area contributed by atoms with Crippen molar-refractivity contribution in [1.82, 2.24) is 10.2 Å². The van der Waals surface area contributed by atoms with E-state index in [0.29, 0.717) is 6.54 Å².